The Labute approximate surface area is 103 Å². The average molecular weight is 251 g/mol. The van der Waals surface area contributed by atoms with E-state index in [1.54, 1.807) is 35.0 Å². The molecule has 0 amide bonds. The summed E-state index contributed by atoms with van der Waals surface area (Å²) < 4.78 is 1.70. The second-order valence-corrected chi connectivity index (χ2v) is 5.07. The maximum Gasteiger partial charge on any atom is 0.242 e. The number of hydrogen-bond donors (Lipinski definition) is 2. The number of nitrogens with zero attached hydrogens (tertiary/aromatic N) is 5. The Morgan fingerprint density at radius 1 is 1.35 bits per heavy atom. The third kappa shape index (κ3) is 2.92. The lowest BCUT2D eigenvalue weighted by Gasteiger charge is -2.07. The molecule has 2 rings (SSSR count). The van der Waals surface area contributed by atoms with Crippen LogP contribution in [-0.2, 0) is 0 Å². The fourth-order valence-corrected chi connectivity index (χ4v) is 1.86. The predicted molar refractivity (Wildman–Crippen MR) is 65.8 cm³/mol. The summed E-state index contributed by atoms with van der Waals surface area (Å²) in [5.41, 5.74) is 2.43. The van der Waals surface area contributed by atoms with Crippen LogP contribution in [0.25, 0.3) is 5.95 Å². The van der Waals surface area contributed by atoms with Crippen molar-refractivity contribution in [2.75, 3.05) is 5.43 Å². The van der Waals surface area contributed by atoms with E-state index in [0.29, 0.717) is 22.3 Å². The molecule has 2 heterocycles. The van der Waals surface area contributed by atoms with Crippen molar-refractivity contribution in [2.45, 2.75) is 24.3 Å². The summed E-state index contributed by atoms with van der Waals surface area (Å²) >= 11 is 1.55. The van der Waals surface area contributed by atoms with Crippen LogP contribution in [0, 0.1) is 0 Å². The Balaban J connectivity index is 2.38. The third-order valence-corrected chi connectivity index (χ3v) is 2.67. The van der Waals surface area contributed by atoms with Gasteiger partial charge in [0.25, 0.3) is 0 Å². The summed E-state index contributed by atoms with van der Waals surface area (Å²) in [5.74, 6) is 6.17. The fourth-order valence-electron chi connectivity index (χ4n) is 1.17. The molecule has 0 saturated carbocycles. The van der Waals surface area contributed by atoms with Crippen LogP contribution in [0.4, 0.5) is 5.95 Å². The average Bonchev–Trinajstić information content (AvgIpc) is 2.81. The van der Waals surface area contributed by atoms with Crippen molar-refractivity contribution in [1.29, 1.82) is 0 Å². The van der Waals surface area contributed by atoms with E-state index in [4.69, 9.17) is 5.84 Å². The number of nitrogens with one attached hydrogen (secondary N) is 1. The first-order chi connectivity index (χ1) is 8.19. The summed E-state index contributed by atoms with van der Waals surface area (Å²) in [6.45, 7) is 4.14. The van der Waals surface area contributed by atoms with Crippen molar-refractivity contribution in [2.24, 2.45) is 5.84 Å². The van der Waals surface area contributed by atoms with Gasteiger partial charge in [-0.3, -0.25) is 9.99 Å². The Morgan fingerprint density at radius 2 is 2.18 bits per heavy atom. The van der Waals surface area contributed by atoms with Crippen LogP contribution >= 0.6 is 11.8 Å². The monoisotopic (exact) mass is 251 g/mol. The molecule has 2 aromatic heterocycles. The minimum Gasteiger partial charge on any atom is -0.292 e. The Morgan fingerprint density at radius 3 is 2.76 bits per heavy atom. The highest BCUT2D eigenvalue weighted by atomic mass is 32.2. The van der Waals surface area contributed by atoms with E-state index in [2.05, 4.69) is 39.2 Å². The van der Waals surface area contributed by atoms with Gasteiger partial charge < -0.3 is 0 Å². The van der Waals surface area contributed by atoms with Gasteiger partial charge in [0.15, 0.2) is 5.16 Å². The van der Waals surface area contributed by atoms with Gasteiger partial charge in [0.2, 0.25) is 11.9 Å². The van der Waals surface area contributed by atoms with Gasteiger partial charge in [-0.05, 0) is 0 Å². The van der Waals surface area contributed by atoms with Gasteiger partial charge in [-0.1, -0.05) is 25.6 Å². The molecule has 0 spiro atoms. The maximum absolute atomic E-state index is 5.33. The molecule has 3 N–H and O–H groups in total. The molecule has 0 aromatic carbocycles. The molecule has 7 nitrogen and oxygen atoms in total. The molecule has 17 heavy (non-hydrogen) atoms. The number of hydrogen-bond acceptors (Lipinski definition) is 7. The van der Waals surface area contributed by atoms with Crippen LogP contribution in [-0.4, -0.2) is 29.8 Å². The number of nitrogens with two attached hydrogens (primary N) is 1. The van der Waals surface area contributed by atoms with Crippen LogP contribution in [0.5, 0.6) is 0 Å². The van der Waals surface area contributed by atoms with Crippen molar-refractivity contribution in [3.05, 3.63) is 18.7 Å². The highest BCUT2D eigenvalue weighted by Crippen LogP contribution is 2.20. The number of hydrazine groups is 1. The smallest absolute Gasteiger partial charge is 0.242 e. The van der Waals surface area contributed by atoms with Crippen molar-refractivity contribution in [3.8, 4) is 5.95 Å². The SMILES string of the molecule is CC(C)Sc1nc(NN)nc(-n2ccnc2)n1. The molecule has 0 aliphatic carbocycles. The number of imidazole rings is 1. The summed E-state index contributed by atoms with van der Waals surface area (Å²) in [5, 5.41) is 1.02. The van der Waals surface area contributed by atoms with E-state index in [9.17, 15) is 0 Å². The standard InChI is InChI=1S/C9H13N7S/c1-6(2)17-9-13-7(15-10)12-8(14-9)16-4-3-11-5-16/h3-6H,10H2,1-2H3,(H,12,13,14,15). The van der Waals surface area contributed by atoms with Gasteiger partial charge in [-0.2, -0.15) is 15.0 Å². The van der Waals surface area contributed by atoms with Crippen LogP contribution in [0.3, 0.4) is 0 Å². The summed E-state index contributed by atoms with van der Waals surface area (Å²) in [6.07, 6.45) is 5.05. The quantitative estimate of drug-likeness (QED) is 0.472. The molecular weight excluding hydrogens is 238 g/mol. The summed E-state index contributed by atoms with van der Waals surface area (Å²) in [6, 6.07) is 0. The zero-order valence-electron chi connectivity index (χ0n) is 9.53. The number of anilines is 1. The van der Waals surface area contributed by atoms with E-state index in [1.165, 1.54) is 0 Å². The minimum atomic E-state index is 0.340. The van der Waals surface area contributed by atoms with Crippen molar-refractivity contribution < 1.29 is 0 Å². The molecule has 0 aliphatic heterocycles. The van der Waals surface area contributed by atoms with E-state index in [1.807, 2.05) is 0 Å². The first-order valence-corrected chi connectivity index (χ1v) is 5.94. The van der Waals surface area contributed by atoms with E-state index in [-0.39, 0.29) is 0 Å². The lowest BCUT2D eigenvalue weighted by Crippen LogP contribution is -2.14. The molecule has 0 aliphatic rings. The van der Waals surface area contributed by atoms with Crippen LogP contribution in [0.15, 0.2) is 23.9 Å². The maximum atomic E-state index is 5.33. The minimum absolute atomic E-state index is 0.340. The zero-order chi connectivity index (χ0) is 12.3. The topological polar surface area (TPSA) is 94.5 Å². The lowest BCUT2D eigenvalue weighted by atomic mass is 10.6. The molecule has 0 bridgehead atoms. The first-order valence-electron chi connectivity index (χ1n) is 5.06. The highest BCUT2D eigenvalue weighted by Gasteiger charge is 2.09. The molecule has 0 atom stereocenters. The molecule has 2 aromatic rings. The first kappa shape index (κ1) is 11.8. The Bertz CT molecular complexity index is 482. The van der Waals surface area contributed by atoms with Gasteiger partial charge in [-0.15, -0.1) is 0 Å². The van der Waals surface area contributed by atoms with Crippen molar-refractivity contribution >= 4 is 17.7 Å². The van der Waals surface area contributed by atoms with Crippen LogP contribution in [0.1, 0.15) is 13.8 Å². The molecule has 0 unspecified atom stereocenters. The highest BCUT2D eigenvalue weighted by molar-refractivity contribution is 7.99. The van der Waals surface area contributed by atoms with Gasteiger partial charge in [0, 0.05) is 17.6 Å². The van der Waals surface area contributed by atoms with Crippen molar-refractivity contribution in [1.82, 2.24) is 24.5 Å². The van der Waals surface area contributed by atoms with Gasteiger partial charge in [0.05, 0.1) is 0 Å². The Hall–Kier alpha value is -1.67. The number of aromatic nitrogens is 5. The van der Waals surface area contributed by atoms with Gasteiger partial charge in [0.1, 0.15) is 6.33 Å². The summed E-state index contributed by atoms with van der Waals surface area (Å²) in [4.78, 5) is 16.6. The predicted octanol–water partition coefficient (Wildman–Crippen LogP) is 0.843. The van der Waals surface area contributed by atoms with E-state index < -0.39 is 0 Å². The van der Waals surface area contributed by atoms with Crippen LogP contribution in [0.2, 0.25) is 0 Å². The van der Waals surface area contributed by atoms with Gasteiger partial charge >= 0.3 is 0 Å². The third-order valence-electron chi connectivity index (χ3n) is 1.81. The molecule has 8 heteroatoms. The van der Waals surface area contributed by atoms with E-state index >= 15 is 0 Å². The zero-order valence-corrected chi connectivity index (χ0v) is 10.3. The van der Waals surface area contributed by atoms with Crippen LogP contribution < -0.4 is 11.3 Å². The van der Waals surface area contributed by atoms with Crippen molar-refractivity contribution in [3.63, 3.8) is 0 Å². The largest absolute Gasteiger partial charge is 0.292 e. The number of rotatable bonds is 4. The second-order valence-electron chi connectivity index (χ2n) is 3.52. The molecular formula is C9H13N7S. The lowest BCUT2D eigenvalue weighted by molar-refractivity contribution is 0.822. The molecule has 0 radical (unpaired) electrons. The number of nitrogen functional groups attached to an aromatic ring is 1. The molecule has 90 valence electrons. The molecule has 0 saturated heterocycles. The summed E-state index contributed by atoms with van der Waals surface area (Å²) in [7, 11) is 0. The number of thioether (sulfide) groups is 1. The normalized spacial score (nSPS) is 10.8. The fraction of sp³-hybridized carbons (Fsp3) is 0.333. The Kier molecular flexibility index (Phi) is 3.55. The van der Waals surface area contributed by atoms with Gasteiger partial charge in [-0.25, -0.2) is 10.8 Å². The van der Waals surface area contributed by atoms with E-state index in [0.717, 1.165) is 0 Å². The second kappa shape index (κ2) is 5.11. The molecule has 0 fully saturated rings.